The van der Waals surface area contributed by atoms with Crippen molar-refractivity contribution in [2.24, 2.45) is 0 Å². The largest absolute Gasteiger partial charge is 0.382 e. The highest BCUT2D eigenvalue weighted by atomic mass is 35.5. The van der Waals surface area contributed by atoms with Gasteiger partial charge in [0.05, 0.1) is 10.5 Å². The van der Waals surface area contributed by atoms with Gasteiger partial charge >= 0.3 is 0 Å². The fourth-order valence-electron chi connectivity index (χ4n) is 1.11. The molecule has 0 saturated heterocycles. The number of nitrogens with two attached hydrogens (primary N) is 1. The second-order valence-corrected chi connectivity index (χ2v) is 2.96. The minimum atomic E-state index is 0.385. The van der Waals surface area contributed by atoms with Crippen LogP contribution < -0.4 is 5.73 Å². The van der Waals surface area contributed by atoms with Crippen LogP contribution in [0.4, 0.5) is 5.82 Å². The molecule has 12 heavy (non-hydrogen) atoms. The van der Waals surface area contributed by atoms with Crippen LogP contribution in [0.25, 0.3) is 10.9 Å². The highest BCUT2D eigenvalue weighted by Crippen LogP contribution is 2.21. The van der Waals surface area contributed by atoms with Crippen molar-refractivity contribution in [3.8, 4) is 0 Å². The van der Waals surface area contributed by atoms with Crippen LogP contribution in [-0.4, -0.2) is 4.98 Å². The summed E-state index contributed by atoms with van der Waals surface area (Å²) in [7, 11) is 0. The Morgan fingerprint density at radius 3 is 2.83 bits per heavy atom. The summed E-state index contributed by atoms with van der Waals surface area (Å²) in [6.45, 7) is 0. The van der Waals surface area contributed by atoms with Crippen molar-refractivity contribution in [1.29, 1.82) is 0 Å². The van der Waals surface area contributed by atoms with Crippen molar-refractivity contribution in [3.63, 3.8) is 0 Å². The number of anilines is 1. The van der Waals surface area contributed by atoms with Crippen molar-refractivity contribution in [1.82, 2.24) is 4.98 Å². The lowest BCUT2D eigenvalue weighted by Crippen LogP contribution is -1.91. The number of fused-ring (bicyclic) bond motifs is 1. The molecule has 0 aliphatic heterocycles. The molecule has 2 N–H and O–H groups in total. The van der Waals surface area contributed by atoms with Crippen LogP contribution in [0.15, 0.2) is 30.3 Å². The Labute approximate surface area is 75.0 Å². The Hall–Kier alpha value is -1.28. The molecule has 1 aromatic heterocycles. The van der Waals surface area contributed by atoms with Crippen LogP contribution in [0.5, 0.6) is 0 Å². The number of halogens is 1. The van der Waals surface area contributed by atoms with Gasteiger partial charge in [-0.1, -0.05) is 29.8 Å². The first-order valence-corrected chi connectivity index (χ1v) is 3.96. The molecule has 0 bridgehead atoms. The highest BCUT2D eigenvalue weighted by molar-refractivity contribution is 6.33. The summed E-state index contributed by atoms with van der Waals surface area (Å²) in [5.74, 6) is 0.385. The Bertz CT molecular complexity index is 385. The molecule has 0 fully saturated rings. The van der Waals surface area contributed by atoms with E-state index >= 15 is 0 Å². The van der Waals surface area contributed by atoms with E-state index in [4.69, 9.17) is 17.3 Å². The van der Waals surface area contributed by atoms with Gasteiger partial charge in [0.2, 0.25) is 0 Å². The minimum Gasteiger partial charge on any atom is -0.382 e. The Balaban J connectivity index is 2.84. The quantitative estimate of drug-likeness (QED) is 0.673. The van der Waals surface area contributed by atoms with E-state index in [2.05, 4.69) is 4.98 Å². The summed E-state index contributed by atoms with van der Waals surface area (Å²) < 4.78 is 0. The molecule has 1 aromatic carbocycles. The maximum atomic E-state index is 5.80. The first-order chi connectivity index (χ1) is 5.77. The molecule has 0 spiro atoms. The van der Waals surface area contributed by atoms with Gasteiger partial charge in [-0.2, -0.15) is 0 Å². The molecular weight excluding hydrogens is 172 g/mol. The molecule has 0 saturated carbocycles. The molecule has 0 radical (unpaired) electrons. The molecule has 3 heteroatoms. The topological polar surface area (TPSA) is 38.9 Å². The number of hydrogen-bond donors (Lipinski definition) is 1. The van der Waals surface area contributed by atoms with E-state index in [-0.39, 0.29) is 0 Å². The number of nitrogens with zero attached hydrogens (tertiary/aromatic N) is 1. The lowest BCUT2D eigenvalue weighted by atomic mass is 10.2. The number of rotatable bonds is 0. The van der Waals surface area contributed by atoms with Gasteiger partial charge in [0.15, 0.2) is 0 Å². The van der Waals surface area contributed by atoms with Gasteiger partial charge in [-0.05, 0) is 12.1 Å². The Morgan fingerprint density at radius 1 is 1.25 bits per heavy atom. The predicted molar refractivity (Wildman–Crippen MR) is 51.2 cm³/mol. The summed E-state index contributed by atoms with van der Waals surface area (Å²) in [4.78, 5) is 4.12. The smallest absolute Gasteiger partial charge is 0.142 e. The molecule has 2 nitrogen and oxygen atoms in total. The van der Waals surface area contributed by atoms with Crippen LogP contribution in [-0.2, 0) is 0 Å². The average Bonchev–Trinajstić information content (AvgIpc) is 2.07. The van der Waals surface area contributed by atoms with Crippen LogP contribution >= 0.6 is 11.6 Å². The van der Waals surface area contributed by atoms with Gasteiger partial charge in [0.25, 0.3) is 0 Å². The number of para-hydroxylation sites is 1. The molecule has 2 aromatic rings. The molecule has 0 atom stereocenters. The van der Waals surface area contributed by atoms with Crippen molar-refractivity contribution in [2.45, 2.75) is 0 Å². The van der Waals surface area contributed by atoms with Crippen LogP contribution in [0.3, 0.4) is 0 Å². The zero-order valence-electron chi connectivity index (χ0n) is 6.29. The van der Waals surface area contributed by atoms with Crippen LogP contribution in [0, 0.1) is 0 Å². The third-order valence-corrected chi connectivity index (χ3v) is 2.01. The van der Waals surface area contributed by atoms with Gasteiger partial charge in [-0.15, -0.1) is 0 Å². The first-order valence-electron chi connectivity index (χ1n) is 3.58. The number of benzene rings is 1. The molecule has 0 amide bonds. The van der Waals surface area contributed by atoms with Gasteiger partial charge in [-0.25, -0.2) is 4.98 Å². The molecule has 0 unspecified atom stereocenters. The van der Waals surface area contributed by atoms with Crippen molar-refractivity contribution in [2.75, 3.05) is 5.73 Å². The van der Waals surface area contributed by atoms with E-state index in [1.54, 1.807) is 0 Å². The average molecular weight is 179 g/mol. The number of aromatic nitrogens is 1. The Kier molecular flexibility index (Phi) is 1.62. The monoisotopic (exact) mass is 178 g/mol. The summed E-state index contributed by atoms with van der Waals surface area (Å²) in [5.41, 5.74) is 6.42. The van der Waals surface area contributed by atoms with Gasteiger partial charge in [0.1, 0.15) is 5.82 Å². The first kappa shape index (κ1) is 7.37. The molecule has 0 aliphatic rings. The second kappa shape index (κ2) is 2.64. The third kappa shape index (κ3) is 1.10. The van der Waals surface area contributed by atoms with Gasteiger partial charge < -0.3 is 5.73 Å². The van der Waals surface area contributed by atoms with E-state index in [9.17, 15) is 0 Å². The summed E-state index contributed by atoms with van der Waals surface area (Å²) in [5, 5.41) is 1.52. The standard InChI is InChI=1S/C9H7ClN2/c10-7-5-6-3-1-2-4-8(6)12-9(7)11/h1-5H,(H2,11,12). The summed E-state index contributed by atoms with van der Waals surface area (Å²) in [6, 6.07) is 9.54. The fourth-order valence-corrected chi connectivity index (χ4v) is 1.26. The number of pyridine rings is 1. The zero-order valence-corrected chi connectivity index (χ0v) is 7.05. The van der Waals surface area contributed by atoms with Crippen molar-refractivity contribution >= 4 is 28.3 Å². The molecule has 2 rings (SSSR count). The molecular formula is C9H7ClN2. The lowest BCUT2D eigenvalue weighted by Gasteiger charge is -1.99. The molecule has 1 heterocycles. The van der Waals surface area contributed by atoms with Crippen LogP contribution in [0.2, 0.25) is 5.02 Å². The minimum absolute atomic E-state index is 0.385. The third-order valence-electron chi connectivity index (χ3n) is 1.70. The Morgan fingerprint density at radius 2 is 2.00 bits per heavy atom. The van der Waals surface area contributed by atoms with Crippen molar-refractivity contribution < 1.29 is 0 Å². The van der Waals surface area contributed by atoms with E-state index in [0.29, 0.717) is 10.8 Å². The molecule has 0 aliphatic carbocycles. The van der Waals surface area contributed by atoms with E-state index in [1.807, 2.05) is 30.3 Å². The lowest BCUT2D eigenvalue weighted by molar-refractivity contribution is 1.41. The maximum absolute atomic E-state index is 5.80. The van der Waals surface area contributed by atoms with Crippen molar-refractivity contribution in [3.05, 3.63) is 35.4 Å². The fraction of sp³-hybridized carbons (Fsp3) is 0. The predicted octanol–water partition coefficient (Wildman–Crippen LogP) is 2.47. The van der Waals surface area contributed by atoms with E-state index in [1.165, 1.54) is 0 Å². The number of hydrogen-bond acceptors (Lipinski definition) is 2. The summed E-state index contributed by atoms with van der Waals surface area (Å²) >= 11 is 5.80. The normalized spacial score (nSPS) is 10.4. The molecule has 60 valence electrons. The number of nitrogen functional groups attached to an aromatic ring is 1. The SMILES string of the molecule is Nc1nc2ccccc2cc1Cl. The van der Waals surface area contributed by atoms with Gasteiger partial charge in [-0.3, -0.25) is 0 Å². The second-order valence-electron chi connectivity index (χ2n) is 2.55. The van der Waals surface area contributed by atoms with Crippen LogP contribution in [0.1, 0.15) is 0 Å². The maximum Gasteiger partial charge on any atom is 0.142 e. The summed E-state index contributed by atoms with van der Waals surface area (Å²) in [6.07, 6.45) is 0. The van der Waals surface area contributed by atoms with E-state index < -0.39 is 0 Å². The zero-order chi connectivity index (χ0) is 8.55. The van der Waals surface area contributed by atoms with Gasteiger partial charge in [0, 0.05) is 5.39 Å². The van der Waals surface area contributed by atoms with E-state index in [0.717, 1.165) is 10.9 Å². The highest BCUT2D eigenvalue weighted by Gasteiger charge is 1.99.